The summed E-state index contributed by atoms with van der Waals surface area (Å²) in [5, 5.41) is 0.368. The first-order chi connectivity index (χ1) is 8.54. The van der Waals surface area contributed by atoms with Crippen LogP contribution in [-0.2, 0) is 14.3 Å². The number of benzene rings is 1. The van der Waals surface area contributed by atoms with Gasteiger partial charge in [-0.3, -0.25) is 19.3 Å². The molecule has 0 atom stereocenters. The maximum atomic E-state index is 11.7. The molecule has 1 heterocycles. The van der Waals surface area contributed by atoms with E-state index < -0.39 is 17.7 Å². The van der Waals surface area contributed by atoms with Crippen molar-refractivity contribution in [3.8, 4) is 0 Å². The summed E-state index contributed by atoms with van der Waals surface area (Å²) in [6, 6.07) is 4.52. The van der Waals surface area contributed by atoms with Gasteiger partial charge in [0.1, 0.15) is 6.54 Å². The number of Topliss-reactive ketones (excluding diaryl/α,β-unsaturated/α-hetero) is 1. The zero-order valence-corrected chi connectivity index (χ0v) is 10.4. The molecule has 0 spiro atoms. The van der Waals surface area contributed by atoms with Crippen molar-refractivity contribution in [1.29, 1.82) is 0 Å². The number of esters is 1. The summed E-state index contributed by atoms with van der Waals surface area (Å²) >= 11 is 5.77. The molecule has 0 aromatic heterocycles. The molecule has 0 saturated carbocycles. The van der Waals surface area contributed by atoms with E-state index in [9.17, 15) is 14.4 Å². The largest absolute Gasteiger partial charge is 0.465 e. The van der Waals surface area contributed by atoms with Gasteiger partial charge in [0.2, 0.25) is 0 Å². The quantitative estimate of drug-likeness (QED) is 0.614. The number of hydrogen-bond donors (Lipinski definition) is 0. The molecule has 1 amide bonds. The van der Waals surface area contributed by atoms with E-state index in [2.05, 4.69) is 0 Å². The van der Waals surface area contributed by atoms with Crippen LogP contribution >= 0.6 is 11.6 Å². The second-order valence-electron chi connectivity index (χ2n) is 3.69. The summed E-state index contributed by atoms with van der Waals surface area (Å²) in [4.78, 5) is 35.9. The van der Waals surface area contributed by atoms with Gasteiger partial charge in [-0.2, -0.15) is 0 Å². The molecule has 0 radical (unpaired) electrons. The third-order valence-electron chi connectivity index (χ3n) is 2.53. The molecule has 18 heavy (non-hydrogen) atoms. The van der Waals surface area contributed by atoms with E-state index in [1.165, 1.54) is 6.07 Å². The lowest BCUT2D eigenvalue weighted by Gasteiger charge is -2.14. The first-order valence-electron chi connectivity index (χ1n) is 5.36. The van der Waals surface area contributed by atoms with Gasteiger partial charge in [-0.1, -0.05) is 11.6 Å². The molecule has 0 unspecified atom stereocenters. The Morgan fingerprint density at radius 3 is 2.78 bits per heavy atom. The Morgan fingerprint density at radius 2 is 2.11 bits per heavy atom. The van der Waals surface area contributed by atoms with Crippen molar-refractivity contribution >= 4 is 34.9 Å². The molecule has 1 aliphatic heterocycles. The number of ketones is 1. The maximum absolute atomic E-state index is 11.7. The van der Waals surface area contributed by atoms with Gasteiger partial charge in [0, 0.05) is 5.02 Å². The highest BCUT2D eigenvalue weighted by Crippen LogP contribution is 2.30. The lowest BCUT2D eigenvalue weighted by atomic mass is 10.1. The van der Waals surface area contributed by atoms with Gasteiger partial charge >= 0.3 is 5.97 Å². The van der Waals surface area contributed by atoms with Crippen LogP contribution in [0.15, 0.2) is 18.2 Å². The lowest BCUT2D eigenvalue weighted by Crippen LogP contribution is -2.35. The highest BCUT2D eigenvalue weighted by Gasteiger charge is 2.37. The summed E-state index contributed by atoms with van der Waals surface area (Å²) in [6.45, 7) is 1.62. The Balaban J connectivity index is 2.31. The van der Waals surface area contributed by atoms with Crippen LogP contribution in [0.2, 0.25) is 5.02 Å². The standard InChI is InChI=1S/C12H10ClNO4/c1-2-18-10(15)6-14-9-4-3-7(13)5-8(9)11(16)12(14)17/h3-5H,2,6H2,1H3. The summed E-state index contributed by atoms with van der Waals surface area (Å²) in [7, 11) is 0. The normalized spacial score (nSPS) is 13.8. The molecular weight excluding hydrogens is 258 g/mol. The van der Waals surface area contributed by atoms with Crippen LogP contribution in [0.25, 0.3) is 0 Å². The van der Waals surface area contributed by atoms with Crippen LogP contribution in [0, 0.1) is 0 Å². The minimum absolute atomic E-state index is 0.219. The molecule has 6 heteroatoms. The fourth-order valence-corrected chi connectivity index (χ4v) is 1.94. The van der Waals surface area contributed by atoms with E-state index in [0.717, 1.165) is 4.90 Å². The van der Waals surface area contributed by atoms with Crippen LogP contribution in [0.4, 0.5) is 5.69 Å². The van der Waals surface area contributed by atoms with Gasteiger partial charge in [0.15, 0.2) is 0 Å². The molecule has 0 bridgehead atoms. The molecule has 0 fully saturated rings. The molecular formula is C12H10ClNO4. The van der Waals surface area contributed by atoms with Gasteiger partial charge in [-0.15, -0.1) is 0 Å². The Bertz CT molecular complexity index is 541. The third kappa shape index (κ3) is 2.09. The summed E-state index contributed by atoms with van der Waals surface area (Å²) in [5.74, 6) is -1.95. The number of halogens is 1. The van der Waals surface area contributed by atoms with E-state index in [1.54, 1.807) is 19.1 Å². The fraction of sp³-hybridized carbons (Fsp3) is 0.250. The molecule has 0 saturated heterocycles. The predicted octanol–water partition coefficient (Wildman–Crippen LogP) is 1.43. The van der Waals surface area contributed by atoms with E-state index in [0.29, 0.717) is 10.7 Å². The highest BCUT2D eigenvalue weighted by atomic mass is 35.5. The van der Waals surface area contributed by atoms with Crippen molar-refractivity contribution in [3.05, 3.63) is 28.8 Å². The number of anilines is 1. The summed E-state index contributed by atoms with van der Waals surface area (Å²) in [5.41, 5.74) is 0.610. The number of nitrogens with zero attached hydrogens (tertiary/aromatic N) is 1. The SMILES string of the molecule is CCOC(=O)CN1C(=O)C(=O)c2cc(Cl)ccc21. The maximum Gasteiger partial charge on any atom is 0.326 e. The molecule has 5 nitrogen and oxygen atoms in total. The summed E-state index contributed by atoms with van der Waals surface area (Å²) < 4.78 is 4.76. The van der Waals surface area contributed by atoms with Crippen molar-refractivity contribution in [2.75, 3.05) is 18.1 Å². The minimum Gasteiger partial charge on any atom is -0.465 e. The topological polar surface area (TPSA) is 63.7 Å². The van der Waals surface area contributed by atoms with Crippen LogP contribution < -0.4 is 4.90 Å². The van der Waals surface area contributed by atoms with Crippen molar-refractivity contribution < 1.29 is 19.1 Å². The van der Waals surface area contributed by atoms with E-state index in [-0.39, 0.29) is 18.7 Å². The number of hydrogen-bond acceptors (Lipinski definition) is 4. The van der Waals surface area contributed by atoms with E-state index >= 15 is 0 Å². The molecule has 1 aromatic rings. The second kappa shape index (κ2) is 4.78. The van der Waals surface area contributed by atoms with Crippen molar-refractivity contribution in [1.82, 2.24) is 0 Å². The molecule has 1 aromatic carbocycles. The number of rotatable bonds is 3. The molecule has 0 aliphatic carbocycles. The monoisotopic (exact) mass is 267 g/mol. The highest BCUT2D eigenvalue weighted by molar-refractivity contribution is 6.53. The Hall–Kier alpha value is -1.88. The Kier molecular flexibility index (Phi) is 3.34. The van der Waals surface area contributed by atoms with Gasteiger partial charge < -0.3 is 4.74 Å². The predicted molar refractivity (Wildman–Crippen MR) is 64.8 cm³/mol. The average Bonchev–Trinajstić information content (AvgIpc) is 2.55. The van der Waals surface area contributed by atoms with Gasteiger partial charge in [-0.25, -0.2) is 0 Å². The van der Waals surface area contributed by atoms with Crippen LogP contribution in [-0.4, -0.2) is 30.8 Å². The molecule has 0 N–H and O–H groups in total. The van der Waals surface area contributed by atoms with Crippen LogP contribution in [0.3, 0.4) is 0 Å². The molecule has 2 rings (SSSR count). The van der Waals surface area contributed by atoms with Gasteiger partial charge in [0.25, 0.3) is 11.7 Å². The second-order valence-corrected chi connectivity index (χ2v) is 4.12. The smallest absolute Gasteiger partial charge is 0.326 e. The Morgan fingerprint density at radius 1 is 1.39 bits per heavy atom. The van der Waals surface area contributed by atoms with Crippen molar-refractivity contribution in [2.24, 2.45) is 0 Å². The Labute approximate surface area is 108 Å². The van der Waals surface area contributed by atoms with E-state index in [1.807, 2.05) is 0 Å². The number of carbonyl (C=O) groups excluding carboxylic acids is 3. The number of carbonyl (C=O) groups is 3. The van der Waals surface area contributed by atoms with Crippen molar-refractivity contribution in [2.45, 2.75) is 6.92 Å². The zero-order valence-electron chi connectivity index (χ0n) is 9.60. The number of ether oxygens (including phenoxy) is 1. The van der Waals surface area contributed by atoms with Crippen molar-refractivity contribution in [3.63, 3.8) is 0 Å². The average molecular weight is 268 g/mol. The fourth-order valence-electron chi connectivity index (χ4n) is 1.77. The van der Waals surface area contributed by atoms with Gasteiger partial charge in [-0.05, 0) is 25.1 Å². The van der Waals surface area contributed by atoms with Gasteiger partial charge in [0.05, 0.1) is 17.9 Å². The van der Waals surface area contributed by atoms with E-state index in [4.69, 9.17) is 16.3 Å². The third-order valence-corrected chi connectivity index (χ3v) is 2.76. The summed E-state index contributed by atoms with van der Waals surface area (Å²) in [6.07, 6.45) is 0. The van der Waals surface area contributed by atoms with Crippen LogP contribution in [0.1, 0.15) is 17.3 Å². The minimum atomic E-state index is -0.736. The molecule has 1 aliphatic rings. The lowest BCUT2D eigenvalue weighted by molar-refractivity contribution is -0.142. The number of amides is 1. The van der Waals surface area contributed by atoms with Crippen LogP contribution in [0.5, 0.6) is 0 Å². The molecule has 94 valence electrons. The zero-order chi connectivity index (χ0) is 13.3. The first kappa shape index (κ1) is 12.6. The number of fused-ring (bicyclic) bond motifs is 1. The first-order valence-corrected chi connectivity index (χ1v) is 5.73.